The number of likely N-dealkylation sites (tertiary alicyclic amines) is 1. The number of rotatable bonds is 7. The Balaban J connectivity index is 1.46. The third-order valence-corrected chi connectivity index (χ3v) is 7.47. The van der Waals surface area contributed by atoms with Crippen LogP contribution in [0.5, 0.6) is 0 Å². The number of carbonyl (C=O) groups excluding carboxylic acids is 2. The van der Waals surface area contributed by atoms with Crippen molar-refractivity contribution in [2.45, 2.75) is 44.4 Å². The van der Waals surface area contributed by atoms with E-state index in [-0.39, 0.29) is 23.6 Å². The third kappa shape index (κ3) is 5.24. The van der Waals surface area contributed by atoms with Crippen LogP contribution in [0.2, 0.25) is 10.0 Å². The van der Waals surface area contributed by atoms with Gasteiger partial charge in [0, 0.05) is 34.4 Å². The fourth-order valence-corrected chi connectivity index (χ4v) is 5.16. The maximum atomic E-state index is 13.1. The predicted molar refractivity (Wildman–Crippen MR) is 136 cm³/mol. The highest BCUT2D eigenvalue weighted by molar-refractivity contribution is 7.99. The van der Waals surface area contributed by atoms with Crippen LogP contribution in [0.1, 0.15) is 47.6 Å². The van der Waals surface area contributed by atoms with Crippen molar-refractivity contribution in [3.8, 4) is 0 Å². The van der Waals surface area contributed by atoms with Gasteiger partial charge >= 0.3 is 0 Å². The summed E-state index contributed by atoms with van der Waals surface area (Å²) in [6, 6.07) is 12.2. The Bertz CT molecular complexity index is 1200. The minimum atomic E-state index is -0.159. The lowest BCUT2D eigenvalue weighted by molar-refractivity contribution is -0.113. The Hall–Kier alpha value is -2.55. The van der Waals surface area contributed by atoms with E-state index in [0.29, 0.717) is 39.5 Å². The van der Waals surface area contributed by atoms with Crippen LogP contribution in [0.3, 0.4) is 0 Å². The van der Waals surface area contributed by atoms with Gasteiger partial charge in [0.1, 0.15) is 0 Å². The van der Waals surface area contributed by atoms with Gasteiger partial charge in [0.2, 0.25) is 5.91 Å². The van der Waals surface area contributed by atoms with Crippen molar-refractivity contribution in [2.75, 3.05) is 17.6 Å². The molecule has 1 aliphatic heterocycles. The number of benzene rings is 2. The summed E-state index contributed by atoms with van der Waals surface area (Å²) < 4.78 is 1.99. The van der Waals surface area contributed by atoms with Crippen molar-refractivity contribution in [2.24, 2.45) is 0 Å². The maximum absolute atomic E-state index is 13.1. The minimum absolute atomic E-state index is 0.0460. The Morgan fingerprint density at radius 2 is 1.91 bits per heavy atom. The maximum Gasteiger partial charge on any atom is 0.254 e. The number of nitrogens with one attached hydrogen (secondary N) is 1. The highest BCUT2D eigenvalue weighted by Crippen LogP contribution is 2.34. The topological polar surface area (TPSA) is 80.1 Å². The largest absolute Gasteiger partial charge is 0.328 e. The van der Waals surface area contributed by atoms with E-state index in [2.05, 4.69) is 15.5 Å². The van der Waals surface area contributed by atoms with E-state index in [0.717, 1.165) is 24.2 Å². The molecule has 1 N–H and O–H groups in total. The van der Waals surface area contributed by atoms with E-state index in [1.807, 2.05) is 29.4 Å². The van der Waals surface area contributed by atoms with Crippen LogP contribution < -0.4 is 5.32 Å². The minimum Gasteiger partial charge on any atom is -0.328 e. The Morgan fingerprint density at radius 3 is 2.65 bits per heavy atom. The molecule has 2 amide bonds. The zero-order valence-corrected chi connectivity index (χ0v) is 21.3. The number of anilines is 1. The molecule has 1 saturated heterocycles. The van der Waals surface area contributed by atoms with Gasteiger partial charge in [-0.3, -0.25) is 9.59 Å². The molecule has 4 rings (SSSR count). The van der Waals surface area contributed by atoms with E-state index < -0.39 is 0 Å². The Morgan fingerprint density at radius 1 is 1.15 bits per heavy atom. The van der Waals surface area contributed by atoms with Gasteiger partial charge in [-0.05, 0) is 68.7 Å². The summed E-state index contributed by atoms with van der Waals surface area (Å²) in [7, 11) is 0. The zero-order valence-electron chi connectivity index (χ0n) is 18.9. The fourth-order valence-electron chi connectivity index (χ4n) is 4.05. The number of halogens is 2. The average Bonchev–Trinajstić information content (AvgIpc) is 3.47. The van der Waals surface area contributed by atoms with Crippen LogP contribution in [-0.2, 0) is 11.3 Å². The monoisotopic (exact) mass is 517 g/mol. The van der Waals surface area contributed by atoms with Crippen LogP contribution in [-0.4, -0.2) is 43.8 Å². The highest BCUT2D eigenvalue weighted by Gasteiger charge is 2.34. The van der Waals surface area contributed by atoms with Crippen LogP contribution >= 0.6 is 35.0 Å². The molecule has 0 saturated carbocycles. The predicted octanol–water partition coefficient (Wildman–Crippen LogP) is 5.62. The molecule has 1 unspecified atom stereocenters. The first-order valence-corrected chi connectivity index (χ1v) is 12.8. The SMILES string of the molecule is CCn1c(SCC(=O)Nc2cccc(Cl)c2C)nnc1C1CCCN1C(=O)c1ccc(Cl)cc1. The molecule has 0 spiro atoms. The van der Waals surface area contributed by atoms with Gasteiger partial charge in [0.15, 0.2) is 11.0 Å². The molecule has 1 atom stereocenters. The van der Waals surface area contributed by atoms with Crippen LogP contribution in [0.15, 0.2) is 47.6 Å². The van der Waals surface area contributed by atoms with Crippen molar-refractivity contribution in [1.29, 1.82) is 0 Å². The fraction of sp³-hybridized carbons (Fsp3) is 0.333. The summed E-state index contributed by atoms with van der Waals surface area (Å²) in [5, 5.41) is 13.5. The highest BCUT2D eigenvalue weighted by atomic mass is 35.5. The summed E-state index contributed by atoms with van der Waals surface area (Å²) >= 11 is 13.4. The molecule has 34 heavy (non-hydrogen) atoms. The van der Waals surface area contributed by atoms with Crippen LogP contribution in [0.4, 0.5) is 5.69 Å². The zero-order chi connectivity index (χ0) is 24.2. The average molecular weight is 518 g/mol. The Labute approximate surface area is 212 Å². The quantitative estimate of drug-likeness (QED) is 0.411. The normalized spacial score (nSPS) is 15.5. The summed E-state index contributed by atoms with van der Waals surface area (Å²) in [5.74, 6) is 0.733. The molecule has 1 fully saturated rings. The van der Waals surface area contributed by atoms with Crippen molar-refractivity contribution < 1.29 is 9.59 Å². The number of nitrogens with zero attached hydrogens (tertiary/aromatic N) is 4. The number of hydrogen-bond donors (Lipinski definition) is 1. The van der Waals surface area contributed by atoms with Gasteiger partial charge in [0.05, 0.1) is 11.8 Å². The molecule has 2 heterocycles. The van der Waals surface area contributed by atoms with Crippen LogP contribution in [0, 0.1) is 6.92 Å². The lowest BCUT2D eigenvalue weighted by atomic mass is 10.1. The first-order valence-electron chi connectivity index (χ1n) is 11.1. The van der Waals surface area contributed by atoms with E-state index >= 15 is 0 Å². The molecule has 10 heteroatoms. The summed E-state index contributed by atoms with van der Waals surface area (Å²) in [4.78, 5) is 27.5. The number of hydrogen-bond acceptors (Lipinski definition) is 5. The Kier molecular flexibility index (Phi) is 7.80. The molecule has 0 aliphatic carbocycles. The van der Waals surface area contributed by atoms with Crippen molar-refractivity contribution >= 4 is 52.5 Å². The van der Waals surface area contributed by atoms with Crippen molar-refractivity contribution in [3.63, 3.8) is 0 Å². The van der Waals surface area contributed by atoms with Gasteiger partial charge in [0.25, 0.3) is 5.91 Å². The number of carbonyl (C=O) groups is 2. The molecule has 0 radical (unpaired) electrons. The van der Waals surface area contributed by atoms with Crippen molar-refractivity contribution in [3.05, 3.63) is 69.5 Å². The van der Waals surface area contributed by atoms with Gasteiger partial charge < -0.3 is 14.8 Å². The second-order valence-corrected chi connectivity index (χ2v) is 9.78. The molecule has 1 aliphatic rings. The van der Waals surface area contributed by atoms with E-state index in [9.17, 15) is 9.59 Å². The molecule has 3 aromatic rings. The van der Waals surface area contributed by atoms with Gasteiger partial charge in [-0.2, -0.15) is 0 Å². The first-order chi connectivity index (χ1) is 16.4. The van der Waals surface area contributed by atoms with Crippen molar-refractivity contribution in [1.82, 2.24) is 19.7 Å². The number of amides is 2. The molecule has 0 bridgehead atoms. The molecule has 2 aromatic carbocycles. The van der Waals surface area contributed by atoms with Crippen LogP contribution in [0.25, 0.3) is 0 Å². The number of aromatic nitrogens is 3. The van der Waals surface area contributed by atoms with E-state index in [1.54, 1.807) is 36.4 Å². The van der Waals surface area contributed by atoms with Gasteiger partial charge in [-0.25, -0.2) is 0 Å². The third-order valence-electron chi connectivity index (χ3n) is 5.84. The first kappa shape index (κ1) is 24.6. The second-order valence-electron chi connectivity index (χ2n) is 8.00. The molecule has 1 aromatic heterocycles. The second kappa shape index (κ2) is 10.8. The number of thioether (sulfide) groups is 1. The lowest BCUT2D eigenvalue weighted by Crippen LogP contribution is -2.32. The molecular weight excluding hydrogens is 493 g/mol. The smallest absolute Gasteiger partial charge is 0.254 e. The lowest BCUT2D eigenvalue weighted by Gasteiger charge is -2.24. The van der Waals surface area contributed by atoms with Gasteiger partial charge in [-0.15, -0.1) is 10.2 Å². The standard InChI is InChI=1S/C24H25Cl2N5O2S/c1-3-30-22(20-8-5-13-31(20)23(33)16-9-11-17(25)12-10-16)28-29-24(30)34-14-21(32)27-19-7-4-6-18(26)15(19)2/h4,6-7,9-12,20H,3,5,8,13-14H2,1-2H3,(H,27,32). The van der Waals surface area contributed by atoms with E-state index in [1.165, 1.54) is 11.8 Å². The van der Waals surface area contributed by atoms with E-state index in [4.69, 9.17) is 23.2 Å². The summed E-state index contributed by atoms with van der Waals surface area (Å²) in [5.41, 5.74) is 2.12. The summed E-state index contributed by atoms with van der Waals surface area (Å²) in [6.07, 6.45) is 1.71. The molecule has 7 nitrogen and oxygen atoms in total. The summed E-state index contributed by atoms with van der Waals surface area (Å²) in [6.45, 7) is 5.17. The van der Waals surface area contributed by atoms with Gasteiger partial charge in [-0.1, -0.05) is 41.0 Å². The molecule has 178 valence electrons. The molecular formula is C24H25Cl2N5O2S.